The molecule has 1 aliphatic rings. The average molecular weight is 290 g/mol. The molecule has 1 atom stereocenters. The highest BCUT2D eigenvalue weighted by molar-refractivity contribution is 6.40. The maximum atomic E-state index is 10.7. The minimum absolute atomic E-state index is 0.152. The molecule has 110 valence electrons. The smallest absolute Gasteiger partial charge is 0.311 e. The van der Waals surface area contributed by atoms with E-state index in [-0.39, 0.29) is 17.6 Å². The molecular formula is C12H14N6O3. The summed E-state index contributed by atoms with van der Waals surface area (Å²) in [5, 5.41) is 28.1. The molecule has 2 rings (SSSR count). The molecule has 0 bridgehead atoms. The largest absolute Gasteiger partial charge is 0.502 e. The maximum absolute atomic E-state index is 10.7. The fourth-order valence-corrected chi connectivity index (χ4v) is 1.60. The normalized spacial score (nSPS) is 17.9. The molecule has 21 heavy (non-hydrogen) atoms. The van der Waals surface area contributed by atoms with Gasteiger partial charge in [0.2, 0.25) is 0 Å². The topological polar surface area (TPSA) is 125 Å². The number of hydrogen-bond donors (Lipinski definition) is 3. The third-order valence-electron chi connectivity index (χ3n) is 2.66. The zero-order chi connectivity index (χ0) is 15.4. The van der Waals surface area contributed by atoms with Crippen molar-refractivity contribution in [2.45, 2.75) is 20.0 Å². The van der Waals surface area contributed by atoms with E-state index in [2.05, 4.69) is 26.0 Å². The molecule has 1 heterocycles. The lowest BCUT2D eigenvalue weighted by atomic mass is 10.2. The predicted molar refractivity (Wildman–Crippen MR) is 78.6 cm³/mol. The molecular weight excluding hydrogens is 276 g/mol. The van der Waals surface area contributed by atoms with E-state index in [1.54, 1.807) is 6.92 Å². The Labute approximate surface area is 120 Å². The minimum atomic E-state index is -0.657. The SMILES string of the molecule is CC1=NNC(C)N=C1N/N=C/c1ccc(O)c([N+](=O)[O-])c1. The van der Waals surface area contributed by atoms with Crippen LogP contribution in [0.4, 0.5) is 5.69 Å². The van der Waals surface area contributed by atoms with Crippen LogP contribution in [0.3, 0.4) is 0 Å². The summed E-state index contributed by atoms with van der Waals surface area (Å²) in [6, 6.07) is 3.99. The molecule has 0 saturated carbocycles. The molecule has 0 spiro atoms. The van der Waals surface area contributed by atoms with E-state index in [0.717, 1.165) is 0 Å². The first kappa shape index (κ1) is 14.4. The summed E-state index contributed by atoms with van der Waals surface area (Å²) in [6.07, 6.45) is 1.25. The highest BCUT2D eigenvalue weighted by atomic mass is 16.6. The number of hydrazone groups is 2. The van der Waals surface area contributed by atoms with E-state index >= 15 is 0 Å². The summed E-state index contributed by atoms with van der Waals surface area (Å²) in [5.74, 6) is 0.135. The van der Waals surface area contributed by atoms with Gasteiger partial charge >= 0.3 is 5.69 Å². The number of amidine groups is 1. The monoisotopic (exact) mass is 290 g/mol. The lowest BCUT2D eigenvalue weighted by molar-refractivity contribution is -0.385. The minimum Gasteiger partial charge on any atom is -0.502 e. The number of phenols is 1. The molecule has 3 N–H and O–H groups in total. The van der Waals surface area contributed by atoms with E-state index in [9.17, 15) is 15.2 Å². The highest BCUT2D eigenvalue weighted by Gasteiger charge is 2.13. The van der Waals surface area contributed by atoms with Crippen molar-refractivity contribution in [1.82, 2.24) is 10.9 Å². The van der Waals surface area contributed by atoms with Gasteiger partial charge in [-0.15, -0.1) is 0 Å². The third-order valence-corrected chi connectivity index (χ3v) is 2.66. The van der Waals surface area contributed by atoms with Gasteiger partial charge in [-0.1, -0.05) is 0 Å². The Balaban J connectivity index is 2.10. The molecule has 1 aliphatic heterocycles. The molecule has 9 nitrogen and oxygen atoms in total. The van der Waals surface area contributed by atoms with Crippen molar-refractivity contribution in [3.8, 4) is 5.75 Å². The third kappa shape index (κ3) is 3.53. The number of nitrogens with one attached hydrogen (secondary N) is 2. The fraction of sp³-hybridized carbons (Fsp3) is 0.250. The zero-order valence-electron chi connectivity index (χ0n) is 11.4. The Morgan fingerprint density at radius 1 is 1.57 bits per heavy atom. The van der Waals surface area contributed by atoms with Gasteiger partial charge in [0, 0.05) is 11.6 Å². The van der Waals surface area contributed by atoms with Gasteiger partial charge in [-0.05, 0) is 26.0 Å². The molecule has 0 fully saturated rings. The average Bonchev–Trinajstić information content (AvgIpc) is 2.44. The molecule has 1 aromatic rings. The molecule has 0 amide bonds. The van der Waals surface area contributed by atoms with Crippen LogP contribution in [0.1, 0.15) is 19.4 Å². The summed E-state index contributed by atoms with van der Waals surface area (Å²) in [7, 11) is 0. The van der Waals surface area contributed by atoms with Crippen LogP contribution in [0, 0.1) is 10.1 Å². The lowest BCUT2D eigenvalue weighted by Gasteiger charge is -2.15. The first-order valence-electron chi connectivity index (χ1n) is 6.12. The van der Waals surface area contributed by atoms with Crippen molar-refractivity contribution in [3.05, 3.63) is 33.9 Å². The Hall–Kier alpha value is -2.97. The molecule has 9 heteroatoms. The zero-order valence-corrected chi connectivity index (χ0v) is 11.4. The van der Waals surface area contributed by atoms with Crippen LogP contribution < -0.4 is 10.9 Å². The van der Waals surface area contributed by atoms with E-state index in [1.807, 2.05) is 6.92 Å². The molecule has 1 unspecified atom stereocenters. The molecule has 0 radical (unpaired) electrons. The number of hydrogen-bond acceptors (Lipinski definition) is 8. The predicted octanol–water partition coefficient (Wildman–Crippen LogP) is 0.947. The molecule has 0 aromatic heterocycles. The van der Waals surface area contributed by atoms with Crippen molar-refractivity contribution in [2.75, 3.05) is 0 Å². The van der Waals surface area contributed by atoms with Crippen LogP contribution in [0.15, 0.2) is 33.4 Å². The summed E-state index contributed by atoms with van der Waals surface area (Å²) >= 11 is 0. The van der Waals surface area contributed by atoms with Crippen LogP contribution in [0.25, 0.3) is 0 Å². The second-order valence-electron chi connectivity index (χ2n) is 4.36. The number of nitrogens with zero attached hydrogens (tertiary/aromatic N) is 4. The number of nitro benzene ring substituents is 1. The van der Waals surface area contributed by atoms with Gasteiger partial charge in [-0.3, -0.25) is 21.0 Å². The van der Waals surface area contributed by atoms with Crippen LogP contribution in [-0.4, -0.2) is 34.0 Å². The van der Waals surface area contributed by atoms with E-state index in [4.69, 9.17) is 0 Å². The van der Waals surface area contributed by atoms with Crippen molar-refractivity contribution in [1.29, 1.82) is 0 Å². The van der Waals surface area contributed by atoms with Crippen molar-refractivity contribution in [3.63, 3.8) is 0 Å². The van der Waals surface area contributed by atoms with E-state index in [0.29, 0.717) is 17.1 Å². The Morgan fingerprint density at radius 3 is 3.05 bits per heavy atom. The number of rotatable bonds is 3. The van der Waals surface area contributed by atoms with Gasteiger partial charge in [-0.2, -0.15) is 10.2 Å². The van der Waals surface area contributed by atoms with Crippen LogP contribution >= 0.6 is 0 Å². The van der Waals surface area contributed by atoms with E-state index in [1.165, 1.54) is 24.4 Å². The van der Waals surface area contributed by atoms with Gasteiger partial charge in [-0.25, -0.2) is 4.99 Å². The maximum Gasteiger partial charge on any atom is 0.311 e. The number of nitro groups is 1. The molecule has 0 saturated heterocycles. The Kier molecular flexibility index (Phi) is 4.12. The van der Waals surface area contributed by atoms with Gasteiger partial charge < -0.3 is 5.11 Å². The molecule has 0 aliphatic carbocycles. The van der Waals surface area contributed by atoms with Crippen LogP contribution in [0.2, 0.25) is 0 Å². The second-order valence-corrected chi connectivity index (χ2v) is 4.36. The van der Waals surface area contributed by atoms with Gasteiger partial charge in [0.1, 0.15) is 11.9 Å². The summed E-state index contributed by atoms with van der Waals surface area (Å²) < 4.78 is 0. The number of benzene rings is 1. The molecule has 1 aromatic carbocycles. The fourth-order valence-electron chi connectivity index (χ4n) is 1.60. The summed E-state index contributed by atoms with van der Waals surface area (Å²) in [6.45, 7) is 3.61. The van der Waals surface area contributed by atoms with Gasteiger partial charge in [0.15, 0.2) is 11.6 Å². The van der Waals surface area contributed by atoms with Crippen LogP contribution in [0.5, 0.6) is 5.75 Å². The number of aromatic hydroxyl groups is 1. The Bertz CT molecular complexity index is 652. The van der Waals surface area contributed by atoms with Crippen molar-refractivity contribution < 1.29 is 10.0 Å². The Morgan fingerprint density at radius 2 is 2.33 bits per heavy atom. The summed E-state index contributed by atoms with van der Waals surface area (Å²) in [5.41, 5.74) is 6.29. The lowest BCUT2D eigenvalue weighted by Crippen LogP contribution is -2.36. The number of aliphatic imine (C=N–C) groups is 1. The first-order valence-corrected chi connectivity index (χ1v) is 6.12. The van der Waals surface area contributed by atoms with E-state index < -0.39 is 4.92 Å². The summed E-state index contributed by atoms with van der Waals surface area (Å²) in [4.78, 5) is 14.3. The second kappa shape index (κ2) is 5.99. The first-order chi connectivity index (χ1) is 9.97. The van der Waals surface area contributed by atoms with Crippen LogP contribution in [-0.2, 0) is 0 Å². The van der Waals surface area contributed by atoms with Gasteiger partial charge in [0.05, 0.1) is 11.1 Å². The van der Waals surface area contributed by atoms with Crippen molar-refractivity contribution in [2.24, 2.45) is 15.2 Å². The van der Waals surface area contributed by atoms with Gasteiger partial charge in [0.25, 0.3) is 0 Å². The quantitative estimate of drug-likeness (QED) is 0.434. The standard InChI is InChI=1S/C12H14N6O3/c1-7-12(14-8(2)16-15-7)17-13-6-9-3-4-11(19)10(5-9)18(20)21/h3-6,8,16,19H,1-2H3,(H,14,17)/b13-6+. The highest BCUT2D eigenvalue weighted by Crippen LogP contribution is 2.25. The number of phenolic OH excluding ortho intramolecular Hbond substituents is 1. The van der Waals surface area contributed by atoms with Crippen molar-refractivity contribution >= 4 is 23.4 Å².